The summed E-state index contributed by atoms with van der Waals surface area (Å²) in [5.41, 5.74) is 0. The Morgan fingerprint density at radius 1 is 1.50 bits per heavy atom. The average Bonchev–Trinajstić information content (AvgIpc) is 1.60. The van der Waals surface area contributed by atoms with Gasteiger partial charge in [0.05, 0.1) is 0 Å². The summed E-state index contributed by atoms with van der Waals surface area (Å²) in [5, 5.41) is 7.65. The Bertz CT molecular complexity index is 247. The van der Waals surface area contributed by atoms with Crippen LogP contribution < -0.4 is 0 Å². The highest BCUT2D eigenvalue weighted by molar-refractivity contribution is 8.60. The fraction of sp³-hybridized carbons (Fsp3) is 0. The summed E-state index contributed by atoms with van der Waals surface area (Å²) in [6.45, 7) is 0. The van der Waals surface area contributed by atoms with Gasteiger partial charge in [-0.05, 0) is 0 Å². The van der Waals surface area contributed by atoms with E-state index in [0.29, 0.717) is 0 Å². The normalized spacial score (nSPS) is 14.1. The van der Waals surface area contributed by atoms with Gasteiger partial charge in [-0.15, -0.1) is 0 Å². The Morgan fingerprint density at radius 3 is 2.00 bits per heavy atom. The standard InChI is InChI=1S/CH2O7S2/c2-1(3)8-10(6,7)9(4)5/h(H,2,3)(H,4,5). The van der Waals surface area contributed by atoms with E-state index in [1.165, 1.54) is 0 Å². The highest BCUT2D eigenvalue weighted by atomic mass is 33.2. The molecule has 60 valence electrons. The van der Waals surface area contributed by atoms with Crippen molar-refractivity contribution in [1.82, 2.24) is 0 Å². The van der Waals surface area contributed by atoms with E-state index in [9.17, 15) is 17.4 Å². The largest absolute Gasteiger partial charge is 0.522 e. The molecule has 0 fully saturated rings. The van der Waals surface area contributed by atoms with Crippen LogP contribution in [0.3, 0.4) is 0 Å². The van der Waals surface area contributed by atoms with Crippen LogP contribution in [0, 0.1) is 0 Å². The summed E-state index contributed by atoms with van der Waals surface area (Å²) in [6.07, 6.45) is -2.15. The fourth-order valence-corrected chi connectivity index (χ4v) is 0.698. The minimum absolute atomic E-state index is 2.15. The lowest BCUT2D eigenvalue weighted by Crippen LogP contribution is -2.14. The average molecular weight is 190 g/mol. The monoisotopic (exact) mass is 190 g/mol. The molecule has 0 spiro atoms. The molecule has 9 heteroatoms. The summed E-state index contributed by atoms with van der Waals surface area (Å²) >= 11 is 0. The van der Waals surface area contributed by atoms with Gasteiger partial charge in [0.2, 0.25) is 0 Å². The second-order valence-corrected chi connectivity index (χ2v) is 4.47. The molecule has 0 aromatic heterocycles. The molecule has 0 saturated heterocycles. The predicted octanol–water partition coefficient (Wildman–Crippen LogP) is -0.852. The Labute approximate surface area is 57.4 Å². The quantitative estimate of drug-likeness (QED) is 0.430. The second-order valence-electron chi connectivity index (χ2n) is 0.975. The van der Waals surface area contributed by atoms with Crippen molar-refractivity contribution in [3.63, 3.8) is 0 Å². The Morgan fingerprint density at radius 2 is 1.90 bits per heavy atom. The molecule has 0 rings (SSSR count). The third-order valence-corrected chi connectivity index (χ3v) is 2.30. The van der Waals surface area contributed by atoms with Gasteiger partial charge in [-0.25, -0.2) is 9.00 Å². The van der Waals surface area contributed by atoms with Gasteiger partial charge >= 0.3 is 25.4 Å². The molecule has 0 bridgehead atoms. The smallest absolute Gasteiger partial charge is 0.449 e. The predicted molar refractivity (Wildman–Crippen MR) is 28.8 cm³/mol. The van der Waals surface area contributed by atoms with E-state index >= 15 is 0 Å². The van der Waals surface area contributed by atoms with Crippen LogP contribution >= 0.6 is 0 Å². The maximum atomic E-state index is 9.99. The van der Waals surface area contributed by atoms with Crippen LogP contribution in [0.5, 0.6) is 0 Å². The van der Waals surface area contributed by atoms with Crippen molar-refractivity contribution in [3.05, 3.63) is 0 Å². The van der Waals surface area contributed by atoms with Gasteiger partial charge in [0.1, 0.15) is 0 Å². The second kappa shape index (κ2) is 2.94. The van der Waals surface area contributed by atoms with E-state index in [0.717, 1.165) is 0 Å². The Hall–Kier alpha value is -0.670. The van der Waals surface area contributed by atoms with Crippen molar-refractivity contribution in [3.8, 4) is 0 Å². The zero-order valence-corrected chi connectivity index (χ0v) is 5.89. The van der Waals surface area contributed by atoms with Crippen molar-refractivity contribution >= 4 is 25.4 Å². The van der Waals surface area contributed by atoms with Gasteiger partial charge in [0.25, 0.3) is 0 Å². The molecule has 0 heterocycles. The first-order valence-corrected chi connectivity index (χ1v) is 4.68. The third kappa shape index (κ3) is 2.75. The molecule has 2 N–H and O–H groups in total. The molecule has 0 aromatic carbocycles. The zero-order chi connectivity index (χ0) is 8.36. The van der Waals surface area contributed by atoms with Crippen LogP contribution in [-0.2, 0) is 23.4 Å². The first-order valence-electron chi connectivity index (χ1n) is 1.65. The molecule has 10 heavy (non-hydrogen) atoms. The lowest BCUT2D eigenvalue weighted by Gasteiger charge is -1.93. The van der Waals surface area contributed by atoms with E-state index in [4.69, 9.17) is 9.66 Å². The molecule has 0 amide bonds. The summed E-state index contributed by atoms with van der Waals surface area (Å²) < 4.78 is 40.5. The molecule has 7 nitrogen and oxygen atoms in total. The summed E-state index contributed by atoms with van der Waals surface area (Å²) in [5.74, 6) is 0. The summed E-state index contributed by atoms with van der Waals surface area (Å²) in [6, 6.07) is 0. The van der Waals surface area contributed by atoms with E-state index < -0.39 is 25.4 Å². The maximum absolute atomic E-state index is 9.99. The molecular formula is CH2O7S2. The molecular weight excluding hydrogens is 188 g/mol. The van der Waals surface area contributed by atoms with Gasteiger partial charge in [-0.1, -0.05) is 0 Å². The van der Waals surface area contributed by atoms with Crippen LogP contribution in [0.4, 0.5) is 4.79 Å². The molecule has 1 unspecified atom stereocenters. The summed E-state index contributed by atoms with van der Waals surface area (Å²) in [4.78, 5) is 9.47. The number of carbonyl (C=O) groups is 1. The van der Waals surface area contributed by atoms with E-state index in [2.05, 4.69) is 4.18 Å². The summed E-state index contributed by atoms with van der Waals surface area (Å²) in [7, 11) is -8.20. The molecule has 0 aliphatic carbocycles. The SMILES string of the molecule is O=C(O)OS(=O)(=O)S(=O)O. The van der Waals surface area contributed by atoms with Crippen LogP contribution in [0.25, 0.3) is 0 Å². The van der Waals surface area contributed by atoms with Crippen LogP contribution in [-0.4, -0.2) is 28.4 Å². The van der Waals surface area contributed by atoms with Gasteiger partial charge in [-0.3, -0.25) is 4.55 Å². The lowest BCUT2D eigenvalue weighted by atomic mass is 11.5. The molecule has 0 aromatic rings. The maximum Gasteiger partial charge on any atom is 0.522 e. The number of hydrogen-bond donors (Lipinski definition) is 2. The molecule has 0 radical (unpaired) electrons. The first-order chi connectivity index (χ1) is 4.36. The molecule has 0 aliphatic rings. The van der Waals surface area contributed by atoms with Gasteiger partial charge < -0.3 is 9.29 Å². The van der Waals surface area contributed by atoms with E-state index in [-0.39, 0.29) is 0 Å². The first kappa shape index (κ1) is 9.33. The minimum Gasteiger partial charge on any atom is -0.449 e. The highest BCUT2D eigenvalue weighted by Crippen LogP contribution is 1.96. The number of rotatable bonds is 2. The molecule has 0 saturated carbocycles. The van der Waals surface area contributed by atoms with Crippen LogP contribution in [0.15, 0.2) is 0 Å². The number of carboxylic acid groups (broad SMARTS) is 1. The van der Waals surface area contributed by atoms with Gasteiger partial charge in [-0.2, -0.15) is 8.42 Å². The highest BCUT2D eigenvalue weighted by Gasteiger charge is 2.23. The molecule has 1 atom stereocenters. The third-order valence-electron chi connectivity index (χ3n) is 0.348. The van der Waals surface area contributed by atoms with E-state index in [1.807, 2.05) is 0 Å². The number of hydrogen-bond acceptors (Lipinski definition) is 5. The van der Waals surface area contributed by atoms with Crippen molar-refractivity contribution in [2.45, 2.75) is 0 Å². The minimum atomic E-state index is -4.87. The van der Waals surface area contributed by atoms with Crippen molar-refractivity contribution in [2.75, 3.05) is 0 Å². The van der Waals surface area contributed by atoms with Crippen LogP contribution in [0.1, 0.15) is 0 Å². The van der Waals surface area contributed by atoms with Crippen molar-refractivity contribution in [2.24, 2.45) is 0 Å². The molecule has 0 aliphatic heterocycles. The fourth-order valence-electron chi connectivity index (χ4n) is 0.116. The van der Waals surface area contributed by atoms with Crippen molar-refractivity contribution < 1.29 is 31.3 Å². The lowest BCUT2D eigenvalue weighted by molar-refractivity contribution is 0.148. The zero-order valence-electron chi connectivity index (χ0n) is 4.25. The van der Waals surface area contributed by atoms with E-state index in [1.54, 1.807) is 0 Å². The van der Waals surface area contributed by atoms with Crippen molar-refractivity contribution in [1.29, 1.82) is 0 Å². The Kier molecular flexibility index (Phi) is 2.75. The Balaban J connectivity index is 4.46. The van der Waals surface area contributed by atoms with Gasteiger partial charge in [0, 0.05) is 0 Å². The van der Waals surface area contributed by atoms with Gasteiger partial charge in [0.15, 0.2) is 0 Å². The topological polar surface area (TPSA) is 118 Å². The van der Waals surface area contributed by atoms with Crippen LogP contribution in [0.2, 0.25) is 0 Å².